The van der Waals surface area contributed by atoms with E-state index in [1.807, 2.05) is 11.6 Å². The number of nitrogens with zero attached hydrogens (tertiary/aromatic N) is 4. The van der Waals surface area contributed by atoms with E-state index in [0.29, 0.717) is 5.92 Å². The Morgan fingerprint density at radius 2 is 2.35 bits per heavy atom. The average molecular weight is 292 g/mol. The van der Waals surface area contributed by atoms with E-state index in [9.17, 15) is 0 Å². The molecule has 2 fully saturated rings. The SMILES string of the molecule is c1csc([C@H]2CN(Cc3noc(C4CC4)n3)CCO2)n1. The Morgan fingerprint density at radius 3 is 3.15 bits per heavy atom. The Kier molecular flexibility index (Phi) is 3.25. The summed E-state index contributed by atoms with van der Waals surface area (Å²) in [5.41, 5.74) is 0. The maximum Gasteiger partial charge on any atom is 0.229 e. The highest BCUT2D eigenvalue weighted by atomic mass is 32.1. The van der Waals surface area contributed by atoms with Crippen LogP contribution in [0.1, 0.15) is 41.6 Å². The molecule has 0 aromatic carbocycles. The molecule has 1 saturated carbocycles. The standard InChI is InChI=1S/C13H16N4O2S/c1-2-9(1)12-15-11(16-19-12)8-17-4-5-18-10(7-17)13-14-3-6-20-13/h3,6,9-10H,1-2,4-5,7-8H2/t10-/m1/s1. The first kappa shape index (κ1) is 12.4. The minimum absolute atomic E-state index is 0.0681. The molecule has 20 heavy (non-hydrogen) atoms. The van der Waals surface area contributed by atoms with Crippen LogP contribution in [0.3, 0.4) is 0 Å². The minimum atomic E-state index is 0.0681. The number of ether oxygens (including phenoxy) is 1. The molecule has 1 aliphatic carbocycles. The molecule has 4 rings (SSSR count). The van der Waals surface area contributed by atoms with E-state index in [1.165, 1.54) is 12.8 Å². The van der Waals surface area contributed by atoms with E-state index in [1.54, 1.807) is 11.3 Å². The van der Waals surface area contributed by atoms with Crippen LogP contribution in [0, 0.1) is 0 Å². The third-order valence-corrected chi connectivity index (χ3v) is 4.52. The molecule has 2 aromatic heterocycles. The van der Waals surface area contributed by atoms with Gasteiger partial charge in [-0.05, 0) is 12.8 Å². The third-order valence-electron chi connectivity index (χ3n) is 3.65. The lowest BCUT2D eigenvalue weighted by Gasteiger charge is -2.30. The van der Waals surface area contributed by atoms with Crippen LogP contribution < -0.4 is 0 Å². The van der Waals surface area contributed by atoms with E-state index in [0.717, 1.165) is 43.0 Å². The molecule has 1 atom stereocenters. The van der Waals surface area contributed by atoms with E-state index >= 15 is 0 Å². The van der Waals surface area contributed by atoms with Crippen molar-refractivity contribution in [2.75, 3.05) is 19.7 Å². The van der Waals surface area contributed by atoms with Crippen molar-refractivity contribution in [2.24, 2.45) is 0 Å². The van der Waals surface area contributed by atoms with E-state index in [2.05, 4.69) is 20.0 Å². The lowest BCUT2D eigenvalue weighted by atomic mass is 10.3. The van der Waals surface area contributed by atoms with Crippen molar-refractivity contribution in [3.63, 3.8) is 0 Å². The van der Waals surface area contributed by atoms with Gasteiger partial charge < -0.3 is 9.26 Å². The molecule has 2 aromatic rings. The molecule has 0 bridgehead atoms. The summed E-state index contributed by atoms with van der Waals surface area (Å²) in [5.74, 6) is 2.11. The van der Waals surface area contributed by atoms with Crippen molar-refractivity contribution in [1.82, 2.24) is 20.0 Å². The van der Waals surface area contributed by atoms with Gasteiger partial charge in [-0.15, -0.1) is 11.3 Å². The van der Waals surface area contributed by atoms with E-state index < -0.39 is 0 Å². The summed E-state index contributed by atoms with van der Waals surface area (Å²) >= 11 is 1.64. The van der Waals surface area contributed by atoms with Gasteiger partial charge in [-0.2, -0.15) is 4.98 Å². The molecule has 7 heteroatoms. The molecular weight excluding hydrogens is 276 g/mol. The topological polar surface area (TPSA) is 64.3 Å². The zero-order valence-electron chi connectivity index (χ0n) is 11.1. The molecule has 6 nitrogen and oxygen atoms in total. The van der Waals surface area contributed by atoms with Gasteiger partial charge in [0, 0.05) is 30.6 Å². The normalized spacial score (nSPS) is 24.1. The maximum absolute atomic E-state index is 5.79. The Labute approximate surface area is 120 Å². The number of hydrogen-bond donors (Lipinski definition) is 0. The Bertz CT molecular complexity index is 567. The highest BCUT2D eigenvalue weighted by Gasteiger charge is 2.30. The van der Waals surface area contributed by atoms with E-state index in [4.69, 9.17) is 9.26 Å². The molecule has 0 spiro atoms. The largest absolute Gasteiger partial charge is 0.368 e. The summed E-state index contributed by atoms with van der Waals surface area (Å²) in [6.45, 7) is 3.18. The minimum Gasteiger partial charge on any atom is -0.368 e. The zero-order valence-corrected chi connectivity index (χ0v) is 11.9. The van der Waals surface area contributed by atoms with E-state index in [-0.39, 0.29) is 6.10 Å². The molecule has 3 heterocycles. The molecule has 0 N–H and O–H groups in total. The highest BCUT2D eigenvalue weighted by molar-refractivity contribution is 7.09. The van der Waals surface area contributed by atoms with Gasteiger partial charge in [-0.3, -0.25) is 4.90 Å². The van der Waals surface area contributed by atoms with Crippen LogP contribution in [0.5, 0.6) is 0 Å². The van der Waals surface area contributed by atoms with Crippen LogP contribution in [0.2, 0.25) is 0 Å². The molecular formula is C13H16N4O2S. The van der Waals surface area contributed by atoms with Crippen LogP contribution in [0.15, 0.2) is 16.1 Å². The van der Waals surface area contributed by atoms with Gasteiger partial charge in [0.15, 0.2) is 5.82 Å². The van der Waals surface area contributed by atoms with Gasteiger partial charge in [-0.1, -0.05) is 5.16 Å². The first-order chi connectivity index (χ1) is 9.88. The van der Waals surface area contributed by atoms with Gasteiger partial charge in [0.2, 0.25) is 5.89 Å². The van der Waals surface area contributed by atoms with Crippen molar-refractivity contribution in [2.45, 2.75) is 31.4 Å². The summed E-state index contributed by atoms with van der Waals surface area (Å²) in [5, 5.41) is 7.11. The zero-order chi connectivity index (χ0) is 13.4. The fraction of sp³-hybridized carbons (Fsp3) is 0.615. The quantitative estimate of drug-likeness (QED) is 0.858. The monoisotopic (exact) mass is 292 g/mol. The molecule has 0 amide bonds. The summed E-state index contributed by atoms with van der Waals surface area (Å²) in [6, 6.07) is 0. The third kappa shape index (κ3) is 2.61. The second kappa shape index (κ2) is 5.23. The predicted octanol–water partition coefficient (Wildman–Crippen LogP) is 1.98. The van der Waals surface area contributed by atoms with Crippen LogP contribution in [0.25, 0.3) is 0 Å². The van der Waals surface area contributed by atoms with Crippen LogP contribution in [0.4, 0.5) is 0 Å². The predicted molar refractivity (Wildman–Crippen MR) is 72.4 cm³/mol. The summed E-state index contributed by atoms with van der Waals surface area (Å²) in [6.07, 6.45) is 4.26. The van der Waals surface area contributed by atoms with Crippen LogP contribution in [-0.2, 0) is 11.3 Å². The summed E-state index contributed by atoms with van der Waals surface area (Å²) in [7, 11) is 0. The van der Waals surface area contributed by atoms with Crippen molar-refractivity contribution < 1.29 is 9.26 Å². The van der Waals surface area contributed by atoms with Crippen LogP contribution >= 0.6 is 11.3 Å². The lowest BCUT2D eigenvalue weighted by molar-refractivity contribution is -0.0339. The van der Waals surface area contributed by atoms with Crippen LogP contribution in [-0.4, -0.2) is 39.7 Å². The Morgan fingerprint density at radius 1 is 1.40 bits per heavy atom. The average Bonchev–Trinajstić information content (AvgIpc) is 3.00. The Balaban J connectivity index is 1.40. The smallest absolute Gasteiger partial charge is 0.229 e. The second-order valence-electron chi connectivity index (χ2n) is 5.29. The van der Waals surface area contributed by atoms with Crippen molar-refractivity contribution >= 4 is 11.3 Å². The number of aromatic nitrogens is 3. The van der Waals surface area contributed by atoms with Gasteiger partial charge >= 0.3 is 0 Å². The van der Waals surface area contributed by atoms with Gasteiger partial charge in [-0.25, -0.2) is 4.98 Å². The van der Waals surface area contributed by atoms with Crippen molar-refractivity contribution in [1.29, 1.82) is 0 Å². The molecule has 0 unspecified atom stereocenters. The number of thiazole rings is 1. The first-order valence-corrected chi connectivity index (χ1v) is 7.82. The Hall–Kier alpha value is -1.31. The lowest BCUT2D eigenvalue weighted by Crippen LogP contribution is -2.38. The number of hydrogen-bond acceptors (Lipinski definition) is 7. The van der Waals surface area contributed by atoms with Gasteiger partial charge in [0.25, 0.3) is 0 Å². The number of rotatable bonds is 4. The molecule has 106 valence electrons. The van der Waals surface area contributed by atoms with Gasteiger partial charge in [0.05, 0.1) is 13.2 Å². The van der Waals surface area contributed by atoms with Crippen molar-refractivity contribution in [3.05, 3.63) is 28.3 Å². The van der Waals surface area contributed by atoms with Crippen molar-refractivity contribution in [3.8, 4) is 0 Å². The van der Waals surface area contributed by atoms with Gasteiger partial charge in [0.1, 0.15) is 11.1 Å². The molecule has 1 saturated heterocycles. The highest BCUT2D eigenvalue weighted by Crippen LogP contribution is 2.38. The first-order valence-electron chi connectivity index (χ1n) is 6.94. The fourth-order valence-electron chi connectivity index (χ4n) is 2.42. The maximum atomic E-state index is 5.79. The molecule has 1 aliphatic heterocycles. The number of morpholine rings is 1. The second-order valence-corrected chi connectivity index (χ2v) is 6.21. The summed E-state index contributed by atoms with van der Waals surface area (Å²) < 4.78 is 11.1. The fourth-order valence-corrected chi connectivity index (χ4v) is 3.09. The molecule has 0 radical (unpaired) electrons. The molecule has 2 aliphatic rings. The summed E-state index contributed by atoms with van der Waals surface area (Å²) in [4.78, 5) is 11.1.